The van der Waals surface area contributed by atoms with E-state index in [9.17, 15) is 5.11 Å². The molecular formula is C13H20BrNO2. The lowest BCUT2D eigenvalue weighted by molar-refractivity contribution is 0.228. The molecule has 1 rings (SSSR count). The van der Waals surface area contributed by atoms with Crippen LogP contribution in [-0.4, -0.2) is 23.4 Å². The summed E-state index contributed by atoms with van der Waals surface area (Å²) in [6.45, 7) is 3.86. The van der Waals surface area contributed by atoms with E-state index in [0.717, 1.165) is 29.4 Å². The summed E-state index contributed by atoms with van der Waals surface area (Å²) in [5.74, 6) is 0.680. The minimum atomic E-state index is 0.256. The molecule has 0 aliphatic heterocycles. The van der Waals surface area contributed by atoms with Gasteiger partial charge in [0, 0.05) is 18.7 Å². The van der Waals surface area contributed by atoms with Crippen molar-refractivity contribution in [2.45, 2.75) is 26.3 Å². The smallest absolute Gasteiger partial charge is 0.134 e. The Hall–Kier alpha value is -0.580. The zero-order valence-electron chi connectivity index (χ0n) is 10.1. The highest BCUT2D eigenvalue weighted by atomic mass is 79.9. The van der Waals surface area contributed by atoms with Crippen LogP contribution < -0.4 is 5.32 Å². The molecule has 0 bridgehead atoms. The van der Waals surface area contributed by atoms with Crippen LogP contribution in [0.4, 0.5) is 0 Å². The maximum atomic E-state index is 9.76. The maximum absolute atomic E-state index is 9.76. The van der Waals surface area contributed by atoms with Gasteiger partial charge >= 0.3 is 0 Å². The van der Waals surface area contributed by atoms with Crippen LogP contribution in [0.3, 0.4) is 0 Å². The van der Waals surface area contributed by atoms with Crippen molar-refractivity contribution in [3.8, 4) is 5.75 Å². The Balaban J connectivity index is 2.25. The standard InChI is InChI=1S/C13H20BrNO2/c1-10(9-16)4-3-7-15-8-11-5-2-6-12(14)13(11)17/h2,5-6,10,15-17H,3-4,7-9H2,1H3. The van der Waals surface area contributed by atoms with E-state index in [4.69, 9.17) is 5.11 Å². The van der Waals surface area contributed by atoms with Gasteiger partial charge in [-0.3, -0.25) is 0 Å². The fourth-order valence-electron chi connectivity index (χ4n) is 1.59. The van der Waals surface area contributed by atoms with Gasteiger partial charge < -0.3 is 15.5 Å². The number of halogens is 1. The number of phenols is 1. The summed E-state index contributed by atoms with van der Waals surface area (Å²) < 4.78 is 0.728. The zero-order valence-corrected chi connectivity index (χ0v) is 11.7. The minimum Gasteiger partial charge on any atom is -0.506 e. The Bertz CT molecular complexity index is 344. The molecule has 0 fully saturated rings. The van der Waals surface area contributed by atoms with Crippen LogP contribution in [0.1, 0.15) is 25.3 Å². The average molecular weight is 302 g/mol. The molecule has 0 radical (unpaired) electrons. The highest BCUT2D eigenvalue weighted by Crippen LogP contribution is 2.27. The van der Waals surface area contributed by atoms with Gasteiger partial charge in [-0.05, 0) is 47.3 Å². The predicted molar refractivity (Wildman–Crippen MR) is 73.0 cm³/mol. The first-order valence-corrected chi connectivity index (χ1v) is 6.72. The first-order valence-electron chi connectivity index (χ1n) is 5.93. The van der Waals surface area contributed by atoms with Crippen molar-refractivity contribution in [1.29, 1.82) is 0 Å². The Labute approximate surface area is 111 Å². The molecule has 17 heavy (non-hydrogen) atoms. The van der Waals surface area contributed by atoms with E-state index < -0.39 is 0 Å². The molecule has 4 heteroatoms. The molecular weight excluding hydrogens is 282 g/mol. The van der Waals surface area contributed by atoms with Crippen LogP contribution in [0.25, 0.3) is 0 Å². The van der Waals surface area contributed by atoms with Crippen molar-refractivity contribution in [1.82, 2.24) is 5.32 Å². The van der Waals surface area contributed by atoms with E-state index in [-0.39, 0.29) is 6.61 Å². The Kier molecular flexibility index (Phi) is 6.55. The second-order valence-corrected chi connectivity index (χ2v) is 5.21. The van der Waals surface area contributed by atoms with E-state index in [2.05, 4.69) is 21.2 Å². The summed E-state index contributed by atoms with van der Waals surface area (Å²) in [7, 11) is 0. The fraction of sp³-hybridized carbons (Fsp3) is 0.538. The second-order valence-electron chi connectivity index (χ2n) is 4.35. The van der Waals surface area contributed by atoms with Crippen molar-refractivity contribution in [3.05, 3.63) is 28.2 Å². The molecule has 1 atom stereocenters. The summed E-state index contributed by atoms with van der Waals surface area (Å²) in [6.07, 6.45) is 2.06. The predicted octanol–water partition coefficient (Wildman–Crippen LogP) is 2.65. The third-order valence-corrected chi connectivity index (χ3v) is 3.39. The number of aliphatic hydroxyl groups excluding tert-OH is 1. The minimum absolute atomic E-state index is 0.256. The van der Waals surface area contributed by atoms with Gasteiger partial charge in [0.25, 0.3) is 0 Å². The zero-order chi connectivity index (χ0) is 12.7. The average Bonchev–Trinajstić information content (AvgIpc) is 2.33. The number of aliphatic hydroxyl groups is 1. The summed E-state index contributed by atoms with van der Waals surface area (Å²) in [5.41, 5.74) is 0.898. The third kappa shape index (κ3) is 5.06. The molecule has 1 aromatic rings. The molecule has 96 valence electrons. The highest BCUT2D eigenvalue weighted by molar-refractivity contribution is 9.10. The third-order valence-electron chi connectivity index (χ3n) is 2.75. The van der Waals surface area contributed by atoms with Crippen LogP contribution in [0, 0.1) is 5.92 Å². The Morgan fingerprint density at radius 1 is 1.41 bits per heavy atom. The number of nitrogens with one attached hydrogen (secondary N) is 1. The van der Waals surface area contributed by atoms with Crippen molar-refractivity contribution in [2.75, 3.05) is 13.2 Å². The van der Waals surface area contributed by atoms with Gasteiger partial charge in [0.15, 0.2) is 0 Å². The molecule has 0 aliphatic carbocycles. The first-order chi connectivity index (χ1) is 8.15. The molecule has 0 aliphatic rings. The number of benzene rings is 1. The number of aromatic hydroxyl groups is 1. The molecule has 3 N–H and O–H groups in total. The Morgan fingerprint density at radius 2 is 2.18 bits per heavy atom. The topological polar surface area (TPSA) is 52.5 Å². The van der Waals surface area contributed by atoms with E-state index in [0.29, 0.717) is 18.2 Å². The first kappa shape index (κ1) is 14.5. The second kappa shape index (κ2) is 7.69. The molecule has 0 saturated heterocycles. The van der Waals surface area contributed by atoms with Gasteiger partial charge in [-0.1, -0.05) is 19.1 Å². The number of rotatable bonds is 7. The molecule has 1 unspecified atom stereocenters. The lowest BCUT2D eigenvalue weighted by atomic mass is 10.1. The van der Waals surface area contributed by atoms with Gasteiger partial charge in [0.2, 0.25) is 0 Å². The molecule has 0 saturated carbocycles. The van der Waals surface area contributed by atoms with Crippen molar-refractivity contribution < 1.29 is 10.2 Å². The molecule has 3 nitrogen and oxygen atoms in total. The maximum Gasteiger partial charge on any atom is 0.134 e. The van der Waals surface area contributed by atoms with E-state index >= 15 is 0 Å². The number of para-hydroxylation sites is 1. The van der Waals surface area contributed by atoms with Crippen LogP contribution in [-0.2, 0) is 6.54 Å². The highest BCUT2D eigenvalue weighted by Gasteiger charge is 2.04. The lowest BCUT2D eigenvalue weighted by Gasteiger charge is -2.09. The van der Waals surface area contributed by atoms with Crippen LogP contribution in [0.15, 0.2) is 22.7 Å². The number of hydrogen-bond acceptors (Lipinski definition) is 3. The van der Waals surface area contributed by atoms with Crippen molar-refractivity contribution in [2.24, 2.45) is 5.92 Å². The van der Waals surface area contributed by atoms with E-state index in [1.165, 1.54) is 0 Å². The normalized spacial score (nSPS) is 12.6. The van der Waals surface area contributed by atoms with Crippen LogP contribution >= 0.6 is 15.9 Å². The van der Waals surface area contributed by atoms with Gasteiger partial charge in [-0.2, -0.15) is 0 Å². The largest absolute Gasteiger partial charge is 0.506 e. The lowest BCUT2D eigenvalue weighted by Crippen LogP contribution is -2.16. The Morgan fingerprint density at radius 3 is 2.88 bits per heavy atom. The molecule has 0 amide bonds. The molecule has 0 heterocycles. The molecule has 0 spiro atoms. The summed E-state index contributed by atoms with van der Waals surface area (Å²) in [6, 6.07) is 5.64. The van der Waals surface area contributed by atoms with Gasteiger partial charge in [-0.25, -0.2) is 0 Å². The van der Waals surface area contributed by atoms with Crippen molar-refractivity contribution in [3.63, 3.8) is 0 Å². The van der Waals surface area contributed by atoms with E-state index in [1.807, 2.05) is 25.1 Å². The van der Waals surface area contributed by atoms with Crippen LogP contribution in [0.2, 0.25) is 0 Å². The SMILES string of the molecule is CC(CO)CCCNCc1cccc(Br)c1O. The molecule has 0 aromatic heterocycles. The monoisotopic (exact) mass is 301 g/mol. The van der Waals surface area contributed by atoms with Gasteiger partial charge in [0.05, 0.1) is 4.47 Å². The number of hydrogen-bond donors (Lipinski definition) is 3. The van der Waals surface area contributed by atoms with Crippen molar-refractivity contribution >= 4 is 15.9 Å². The quantitative estimate of drug-likeness (QED) is 0.679. The number of phenolic OH excluding ortho intramolecular Hbond substituents is 1. The molecule has 1 aromatic carbocycles. The van der Waals surface area contributed by atoms with Crippen LogP contribution in [0.5, 0.6) is 5.75 Å². The van der Waals surface area contributed by atoms with E-state index in [1.54, 1.807) is 0 Å². The van der Waals surface area contributed by atoms with Gasteiger partial charge in [0.1, 0.15) is 5.75 Å². The van der Waals surface area contributed by atoms with Gasteiger partial charge in [-0.15, -0.1) is 0 Å². The summed E-state index contributed by atoms with van der Waals surface area (Å²) in [4.78, 5) is 0. The summed E-state index contributed by atoms with van der Waals surface area (Å²) >= 11 is 3.29. The fourth-order valence-corrected chi connectivity index (χ4v) is 2.00. The summed E-state index contributed by atoms with van der Waals surface area (Å²) in [5, 5.41) is 21.9.